The molecule has 29 heavy (non-hydrogen) atoms. The molecule has 2 aliphatic rings. The predicted octanol–water partition coefficient (Wildman–Crippen LogP) is 5.53. The van der Waals surface area contributed by atoms with Crippen molar-refractivity contribution in [3.63, 3.8) is 0 Å². The lowest BCUT2D eigenvalue weighted by Gasteiger charge is -2.32. The molecule has 3 heterocycles. The van der Waals surface area contributed by atoms with Gasteiger partial charge in [0.05, 0.1) is 16.4 Å². The van der Waals surface area contributed by atoms with E-state index in [9.17, 15) is 0 Å². The molecule has 1 fully saturated rings. The van der Waals surface area contributed by atoms with Gasteiger partial charge in [0.1, 0.15) is 5.82 Å². The number of anilines is 1. The molecule has 2 aromatic carbocycles. The summed E-state index contributed by atoms with van der Waals surface area (Å²) in [4.78, 5) is 2.56. The predicted molar refractivity (Wildman–Crippen MR) is 119 cm³/mol. The molecule has 4 nitrogen and oxygen atoms in total. The van der Waals surface area contributed by atoms with Crippen molar-refractivity contribution in [2.24, 2.45) is 0 Å². The van der Waals surface area contributed by atoms with Crippen LogP contribution in [0.25, 0.3) is 5.69 Å². The number of hydrogen-bond acceptors (Lipinski definition) is 3. The van der Waals surface area contributed by atoms with Crippen LogP contribution in [0.2, 0.25) is 10.0 Å². The molecule has 5 rings (SSSR count). The summed E-state index contributed by atoms with van der Waals surface area (Å²) in [5, 5.41) is 9.89. The van der Waals surface area contributed by atoms with Gasteiger partial charge >= 0.3 is 0 Å². The van der Waals surface area contributed by atoms with Gasteiger partial charge in [0, 0.05) is 36.1 Å². The van der Waals surface area contributed by atoms with Gasteiger partial charge in [-0.1, -0.05) is 53.5 Å². The fraction of sp³-hybridized carbons (Fsp3) is 0.348. The number of nitrogens with zero attached hydrogens (tertiary/aromatic N) is 3. The van der Waals surface area contributed by atoms with Crippen LogP contribution in [0.5, 0.6) is 0 Å². The van der Waals surface area contributed by atoms with Crippen molar-refractivity contribution >= 4 is 29.0 Å². The van der Waals surface area contributed by atoms with E-state index in [2.05, 4.69) is 40.5 Å². The van der Waals surface area contributed by atoms with Crippen molar-refractivity contribution in [3.05, 3.63) is 75.4 Å². The summed E-state index contributed by atoms with van der Waals surface area (Å²) in [5.41, 5.74) is 4.77. The maximum atomic E-state index is 6.49. The lowest BCUT2D eigenvalue weighted by Crippen LogP contribution is -2.34. The summed E-state index contributed by atoms with van der Waals surface area (Å²) < 4.78 is 1.96. The molecule has 0 spiro atoms. The summed E-state index contributed by atoms with van der Waals surface area (Å²) in [7, 11) is 0. The van der Waals surface area contributed by atoms with Crippen molar-refractivity contribution in [1.82, 2.24) is 14.7 Å². The van der Waals surface area contributed by atoms with Gasteiger partial charge in [-0.2, -0.15) is 5.10 Å². The Hall–Kier alpha value is -2.01. The lowest BCUT2D eigenvalue weighted by atomic mass is 9.91. The molecule has 1 aromatic heterocycles. The first-order chi connectivity index (χ1) is 14.2. The minimum Gasteiger partial charge on any atom is -0.369 e. The second-order valence-corrected chi connectivity index (χ2v) is 8.80. The SMILES string of the molecule is Clc1ccc(Cl)c(-n2nc(C3CCCN(Cc4ccccc4)C3)c3c2NCC3)c1. The highest BCUT2D eigenvalue weighted by Crippen LogP contribution is 2.38. The number of fused-ring (bicyclic) bond motifs is 1. The summed E-state index contributed by atoms with van der Waals surface area (Å²) in [5.74, 6) is 1.52. The Morgan fingerprint density at radius 3 is 2.83 bits per heavy atom. The molecule has 150 valence electrons. The summed E-state index contributed by atoms with van der Waals surface area (Å²) in [6, 6.07) is 16.3. The highest BCUT2D eigenvalue weighted by atomic mass is 35.5. The van der Waals surface area contributed by atoms with E-state index in [1.54, 1.807) is 0 Å². The Balaban J connectivity index is 1.45. The second kappa shape index (κ2) is 8.02. The van der Waals surface area contributed by atoms with Crippen LogP contribution in [0.15, 0.2) is 48.5 Å². The van der Waals surface area contributed by atoms with E-state index >= 15 is 0 Å². The Morgan fingerprint density at radius 2 is 1.97 bits per heavy atom. The van der Waals surface area contributed by atoms with Gasteiger partial charge < -0.3 is 5.32 Å². The smallest absolute Gasteiger partial charge is 0.133 e. The molecule has 0 amide bonds. The Kier molecular flexibility index (Phi) is 5.25. The van der Waals surface area contributed by atoms with Crippen LogP contribution in [0.3, 0.4) is 0 Å². The number of rotatable bonds is 4. The molecule has 6 heteroatoms. The number of benzene rings is 2. The van der Waals surface area contributed by atoms with Gasteiger partial charge in [-0.15, -0.1) is 0 Å². The van der Waals surface area contributed by atoms with Gasteiger partial charge in [0.25, 0.3) is 0 Å². The molecule has 0 aliphatic carbocycles. The van der Waals surface area contributed by atoms with Gasteiger partial charge in [-0.25, -0.2) is 4.68 Å². The Labute approximate surface area is 181 Å². The first-order valence-corrected chi connectivity index (χ1v) is 11.0. The van der Waals surface area contributed by atoms with Crippen molar-refractivity contribution in [1.29, 1.82) is 0 Å². The van der Waals surface area contributed by atoms with Crippen LogP contribution in [0.1, 0.15) is 35.6 Å². The number of likely N-dealkylation sites (tertiary alicyclic amines) is 1. The molecule has 1 saturated heterocycles. The topological polar surface area (TPSA) is 33.1 Å². The zero-order chi connectivity index (χ0) is 19.8. The monoisotopic (exact) mass is 426 g/mol. The number of piperidine rings is 1. The Morgan fingerprint density at radius 1 is 1.10 bits per heavy atom. The number of nitrogens with one attached hydrogen (secondary N) is 1. The molecule has 0 bridgehead atoms. The molecule has 0 radical (unpaired) electrons. The molecule has 0 saturated carbocycles. The van der Waals surface area contributed by atoms with E-state index < -0.39 is 0 Å². The zero-order valence-corrected chi connectivity index (χ0v) is 17.8. The maximum absolute atomic E-state index is 6.49. The van der Waals surface area contributed by atoms with E-state index in [-0.39, 0.29) is 0 Å². The van der Waals surface area contributed by atoms with Crippen molar-refractivity contribution in [2.45, 2.75) is 31.7 Å². The van der Waals surface area contributed by atoms with Gasteiger partial charge in [0.2, 0.25) is 0 Å². The quantitative estimate of drug-likeness (QED) is 0.595. The van der Waals surface area contributed by atoms with Crippen LogP contribution in [0.4, 0.5) is 5.82 Å². The van der Waals surface area contributed by atoms with Crippen molar-refractivity contribution in [2.75, 3.05) is 25.0 Å². The number of aromatic nitrogens is 2. The fourth-order valence-corrected chi connectivity index (χ4v) is 4.98. The summed E-state index contributed by atoms with van der Waals surface area (Å²) in [6.45, 7) is 4.13. The number of halogens is 2. The third-order valence-corrected chi connectivity index (χ3v) is 6.51. The highest BCUT2D eigenvalue weighted by molar-refractivity contribution is 6.34. The fourth-order valence-electron chi connectivity index (χ4n) is 4.62. The zero-order valence-electron chi connectivity index (χ0n) is 16.2. The normalized spacial score (nSPS) is 19.2. The highest BCUT2D eigenvalue weighted by Gasteiger charge is 2.31. The molecule has 2 aliphatic heterocycles. The van der Waals surface area contributed by atoms with Gasteiger partial charge in [-0.05, 0) is 49.6 Å². The summed E-state index contributed by atoms with van der Waals surface area (Å²) >= 11 is 12.7. The van der Waals surface area contributed by atoms with E-state index in [4.69, 9.17) is 28.3 Å². The number of hydrogen-bond donors (Lipinski definition) is 1. The van der Waals surface area contributed by atoms with Crippen LogP contribution in [0, 0.1) is 0 Å². The van der Waals surface area contributed by atoms with E-state index in [0.717, 1.165) is 44.1 Å². The lowest BCUT2D eigenvalue weighted by molar-refractivity contribution is 0.198. The van der Waals surface area contributed by atoms with Crippen LogP contribution in [-0.2, 0) is 13.0 Å². The Bertz CT molecular complexity index is 1020. The minimum atomic E-state index is 0.445. The maximum Gasteiger partial charge on any atom is 0.133 e. The molecule has 3 aromatic rings. The molecular formula is C23H24Cl2N4. The molecule has 1 unspecified atom stereocenters. The van der Waals surface area contributed by atoms with Crippen LogP contribution in [-0.4, -0.2) is 34.3 Å². The van der Waals surface area contributed by atoms with Gasteiger partial charge in [-0.3, -0.25) is 4.90 Å². The average Bonchev–Trinajstić information content (AvgIpc) is 3.34. The average molecular weight is 427 g/mol. The van der Waals surface area contributed by atoms with E-state index in [1.165, 1.54) is 29.7 Å². The van der Waals surface area contributed by atoms with Crippen molar-refractivity contribution in [3.8, 4) is 5.69 Å². The third kappa shape index (κ3) is 3.77. The first kappa shape index (κ1) is 19.0. The molecule has 1 N–H and O–H groups in total. The third-order valence-electron chi connectivity index (χ3n) is 5.96. The van der Waals surface area contributed by atoms with E-state index in [0.29, 0.717) is 16.0 Å². The minimum absolute atomic E-state index is 0.445. The van der Waals surface area contributed by atoms with E-state index in [1.807, 2.05) is 22.9 Å². The second-order valence-electron chi connectivity index (χ2n) is 7.96. The van der Waals surface area contributed by atoms with Gasteiger partial charge in [0.15, 0.2) is 0 Å². The van der Waals surface area contributed by atoms with Crippen LogP contribution >= 0.6 is 23.2 Å². The first-order valence-electron chi connectivity index (χ1n) is 10.3. The van der Waals surface area contributed by atoms with Crippen molar-refractivity contribution < 1.29 is 0 Å². The van der Waals surface area contributed by atoms with Crippen LogP contribution < -0.4 is 5.32 Å². The molecular weight excluding hydrogens is 403 g/mol. The summed E-state index contributed by atoms with van der Waals surface area (Å²) in [6.07, 6.45) is 3.39. The standard InChI is InChI=1S/C23H24Cl2N4/c24-18-8-9-20(25)21(13-18)29-23-19(10-11-26-23)22(27-29)17-7-4-12-28(15-17)14-16-5-2-1-3-6-16/h1-3,5-6,8-9,13,17,26H,4,7,10-12,14-15H2. The largest absolute Gasteiger partial charge is 0.369 e. The molecule has 1 atom stereocenters.